The number of fused-ring (bicyclic) bond motifs is 1. The Labute approximate surface area is 508 Å². The third-order valence-corrected chi connectivity index (χ3v) is 16.8. The van der Waals surface area contributed by atoms with E-state index in [1.165, 1.54) is 0 Å². The summed E-state index contributed by atoms with van der Waals surface area (Å²) in [6, 6.07) is 88.2. The zero-order chi connectivity index (χ0) is 58.4. The summed E-state index contributed by atoms with van der Waals surface area (Å²) >= 11 is 0. The molecular weight excluding hydrogens is 1190 g/mol. The molecule has 0 radical (unpaired) electrons. The number of pyridine rings is 1. The Hall–Kier alpha value is -8.69. The van der Waals surface area contributed by atoms with Gasteiger partial charge in [-0.05, 0) is 142 Å². The Morgan fingerprint density at radius 3 is 1.64 bits per heavy atom. The molecule has 408 valence electrons. The van der Waals surface area contributed by atoms with E-state index in [1.807, 2.05) is 115 Å². The van der Waals surface area contributed by atoms with Crippen molar-refractivity contribution in [2.24, 2.45) is 5.92 Å². The van der Waals surface area contributed by atoms with E-state index in [0.29, 0.717) is 53.7 Å². The van der Waals surface area contributed by atoms with Gasteiger partial charge in [-0.15, -0.1) is 23.8 Å². The SMILES string of the molecule is [2H]C1(c2ccccc2)CCC([2H])(c2ccc(-c3ccnc(-c4[c-]c(-c5cccc6c5nc(-c5cc(-c7ccccc7)cc(-c7ccccc7)c5O)n6-c5ccc(C([2H])([2H])C6CCCC6)cc5-c5ccccc5)cc(-c5ccccc5)c4)c3)cc2)CC1.[Pt]. The van der Waals surface area contributed by atoms with Gasteiger partial charge >= 0.3 is 0 Å². The summed E-state index contributed by atoms with van der Waals surface area (Å²) in [6.07, 6.45) is 6.60. The average Bonchev–Trinajstić information content (AvgIpc) is 1.70. The maximum Gasteiger partial charge on any atom is 0.148 e. The normalized spacial score (nSPS) is 17.9. The van der Waals surface area contributed by atoms with Gasteiger partial charge < -0.3 is 5.11 Å². The van der Waals surface area contributed by atoms with Crippen LogP contribution in [0.3, 0.4) is 0 Å². The summed E-state index contributed by atoms with van der Waals surface area (Å²) in [6.45, 7) is 0. The van der Waals surface area contributed by atoms with Crippen LogP contribution in [-0.4, -0.2) is 19.6 Å². The molecule has 0 spiro atoms. The molecule has 12 aromatic rings. The van der Waals surface area contributed by atoms with Crippen LogP contribution in [0.15, 0.2) is 255 Å². The third-order valence-electron chi connectivity index (χ3n) is 16.8. The first-order chi connectivity index (χ1) is 42.0. The van der Waals surface area contributed by atoms with Crippen molar-refractivity contribution in [1.82, 2.24) is 14.5 Å². The molecule has 0 unspecified atom stereocenters. The molecule has 0 atom stereocenters. The van der Waals surface area contributed by atoms with Crippen LogP contribution < -0.4 is 0 Å². The second-order valence-corrected chi connectivity index (χ2v) is 22.0. The number of para-hydroxylation sites is 1. The maximum absolute atomic E-state index is 12.9. The number of phenolic OH excluding ortho intramolecular Hbond substituents is 1. The van der Waals surface area contributed by atoms with Gasteiger partial charge in [0.2, 0.25) is 0 Å². The first-order valence-electron chi connectivity index (χ1n) is 31.0. The van der Waals surface area contributed by atoms with Gasteiger partial charge in [-0.1, -0.05) is 243 Å². The number of rotatable bonds is 13. The van der Waals surface area contributed by atoms with Gasteiger partial charge in [0, 0.05) is 49.6 Å². The molecule has 2 fully saturated rings. The fraction of sp³-hybridized carbons (Fsp3) is 0.154. The molecule has 10 aromatic carbocycles. The molecule has 2 saturated carbocycles. The Balaban J connectivity index is 0.00000700. The fourth-order valence-electron chi connectivity index (χ4n) is 12.6. The van der Waals surface area contributed by atoms with Crippen LogP contribution in [0.5, 0.6) is 5.75 Å². The van der Waals surface area contributed by atoms with Crippen LogP contribution >= 0.6 is 0 Å². The summed E-state index contributed by atoms with van der Waals surface area (Å²) in [7, 11) is 0. The second kappa shape index (κ2) is 24.0. The zero-order valence-electron chi connectivity index (χ0n) is 50.1. The van der Waals surface area contributed by atoms with Crippen molar-refractivity contribution in [2.75, 3.05) is 0 Å². The van der Waals surface area contributed by atoms with Crippen molar-refractivity contribution in [2.45, 2.75) is 69.5 Å². The first kappa shape index (κ1) is 49.0. The second-order valence-electron chi connectivity index (χ2n) is 22.0. The Kier molecular flexibility index (Phi) is 14.2. The van der Waals surface area contributed by atoms with Gasteiger partial charge in [0.25, 0.3) is 0 Å². The number of aromatic nitrogens is 3. The van der Waals surface area contributed by atoms with Gasteiger partial charge in [0.1, 0.15) is 11.6 Å². The van der Waals surface area contributed by atoms with Crippen molar-refractivity contribution >= 4 is 11.0 Å². The minimum atomic E-state index is -1.55. The third kappa shape index (κ3) is 11.1. The summed E-state index contributed by atoms with van der Waals surface area (Å²) < 4.78 is 40.3. The molecule has 0 saturated heterocycles. The molecule has 0 bridgehead atoms. The quantitative estimate of drug-likeness (QED) is 0.117. The van der Waals surface area contributed by atoms with Gasteiger partial charge in [0.05, 0.1) is 22.3 Å². The van der Waals surface area contributed by atoms with Gasteiger partial charge in [-0.25, -0.2) is 4.98 Å². The monoisotopic (exact) mass is 1260 g/mol. The number of nitrogens with zero attached hydrogens (tertiary/aromatic N) is 3. The van der Waals surface area contributed by atoms with Crippen LogP contribution in [0.25, 0.3) is 106 Å². The zero-order valence-corrected chi connectivity index (χ0v) is 48.4. The van der Waals surface area contributed by atoms with Crippen molar-refractivity contribution in [3.05, 3.63) is 278 Å². The van der Waals surface area contributed by atoms with E-state index in [-0.39, 0.29) is 32.7 Å². The Morgan fingerprint density at radius 2 is 1.00 bits per heavy atom. The Bertz CT molecular complexity index is 4410. The Morgan fingerprint density at radius 1 is 0.458 bits per heavy atom. The van der Waals surface area contributed by atoms with E-state index >= 15 is 0 Å². The van der Waals surface area contributed by atoms with Crippen molar-refractivity contribution in [3.63, 3.8) is 0 Å². The molecule has 2 aliphatic rings. The molecular formula is C78H64N3OPt-. The molecule has 4 nitrogen and oxygen atoms in total. The molecule has 2 aromatic heterocycles. The smallest absolute Gasteiger partial charge is 0.148 e. The minimum Gasteiger partial charge on any atom is -0.507 e. The molecule has 0 aliphatic heterocycles. The van der Waals surface area contributed by atoms with E-state index < -0.39 is 18.2 Å². The summed E-state index contributed by atoms with van der Waals surface area (Å²) in [5, 5.41) is 12.9. The molecule has 2 heterocycles. The predicted molar refractivity (Wildman–Crippen MR) is 339 cm³/mol. The first-order valence-corrected chi connectivity index (χ1v) is 29.0. The molecule has 14 rings (SSSR count). The van der Waals surface area contributed by atoms with E-state index in [0.717, 1.165) is 120 Å². The number of imidazole rings is 1. The van der Waals surface area contributed by atoms with E-state index in [2.05, 4.69) is 150 Å². The average molecular weight is 1260 g/mol. The van der Waals surface area contributed by atoms with Crippen LogP contribution in [0, 0.1) is 12.0 Å². The summed E-state index contributed by atoms with van der Waals surface area (Å²) in [5.74, 6) is -0.891. The maximum atomic E-state index is 12.9. The van der Waals surface area contributed by atoms with E-state index in [9.17, 15) is 10.6 Å². The van der Waals surface area contributed by atoms with E-state index in [4.69, 9.17) is 9.97 Å². The van der Waals surface area contributed by atoms with Crippen LogP contribution in [-0.2, 0) is 27.4 Å². The number of phenols is 1. The van der Waals surface area contributed by atoms with Crippen LogP contribution in [0.1, 0.15) is 85.3 Å². The van der Waals surface area contributed by atoms with Gasteiger partial charge in [-0.3, -0.25) is 9.55 Å². The summed E-state index contributed by atoms with van der Waals surface area (Å²) in [4.78, 5) is 10.7. The minimum absolute atomic E-state index is 0. The molecule has 1 N–H and O–H groups in total. The number of aromatic hydroxyl groups is 1. The molecule has 0 amide bonds. The molecule has 83 heavy (non-hydrogen) atoms. The largest absolute Gasteiger partial charge is 0.507 e. The van der Waals surface area contributed by atoms with Crippen molar-refractivity contribution in [3.8, 4) is 101 Å². The number of hydrogen-bond acceptors (Lipinski definition) is 3. The van der Waals surface area contributed by atoms with Crippen molar-refractivity contribution < 1.29 is 31.7 Å². The molecule has 5 heteroatoms. The number of benzene rings is 10. The van der Waals surface area contributed by atoms with Gasteiger partial charge in [-0.2, -0.15) is 0 Å². The van der Waals surface area contributed by atoms with Crippen LogP contribution in [0.2, 0.25) is 0 Å². The van der Waals surface area contributed by atoms with E-state index in [1.54, 1.807) is 0 Å². The topological polar surface area (TPSA) is 50.9 Å². The molecule has 2 aliphatic carbocycles. The fourth-order valence-corrected chi connectivity index (χ4v) is 12.6. The summed E-state index contributed by atoms with van der Waals surface area (Å²) in [5.41, 5.74) is 18.0. The number of hydrogen-bond donors (Lipinski definition) is 1. The standard InChI is InChI=1S/C78H64N3O.Pt/c82-77-71(63-29-14-5-15-30-63)50-66(57-25-10-3-11-26-57)51-72(77)78-80-76-69(31-18-32-75(76)81(78)74-42-33-54(45-53-19-16-17-20-53)46-70(74)62-27-12-4-13-28-62)67-47-65(56-23-8-2-9-24-56)48-68(49-67)73-52-64(43-44-79-73)61-40-38-60(39-41-61)59-36-34-58(35-37-59)55-21-6-1-7-22-55;/h1-15,18,21-33,38-44,46-48,50-53,58-59,82H,16-17,19-20,34-37,45H2;/q-1;/i45D2,58D,59D;. The van der Waals surface area contributed by atoms with Crippen molar-refractivity contribution in [1.29, 1.82) is 0 Å². The van der Waals surface area contributed by atoms with Gasteiger partial charge in [0.15, 0.2) is 0 Å². The van der Waals surface area contributed by atoms with Crippen LogP contribution in [0.4, 0.5) is 0 Å². The predicted octanol–water partition coefficient (Wildman–Crippen LogP) is 20.4.